The number of nitrogens with zero attached hydrogens (tertiary/aromatic N) is 1. The van der Waals surface area contributed by atoms with Crippen molar-refractivity contribution in [2.75, 3.05) is 19.6 Å². The van der Waals surface area contributed by atoms with Crippen LogP contribution in [0.5, 0.6) is 0 Å². The zero-order valence-corrected chi connectivity index (χ0v) is 12.5. The van der Waals surface area contributed by atoms with Gasteiger partial charge in [0.25, 0.3) is 5.91 Å². The summed E-state index contributed by atoms with van der Waals surface area (Å²) in [4.78, 5) is 14.4. The lowest BCUT2D eigenvalue weighted by Gasteiger charge is -2.21. The van der Waals surface area contributed by atoms with E-state index in [1.165, 1.54) is 19.3 Å². The molecule has 21 heavy (non-hydrogen) atoms. The van der Waals surface area contributed by atoms with Crippen molar-refractivity contribution in [1.82, 2.24) is 10.2 Å². The standard InChI is InChI=1S/C18H24N2O/c21-18(16-9-5-2-6-10-16)20-12-11-17(14-20)19-13-15-7-3-1-4-8-15/h1-3,5-6,9-10,15,17,19H,4,7-8,11-14H2/t15-,17+/m1/s1. The van der Waals surface area contributed by atoms with Gasteiger partial charge >= 0.3 is 0 Å². The van der Waals surface area contributed by atoms with Crippen molar-refractivity contribution >= 4 is 5.91 Å². The molecule has 1 aliphatic heterocycles. The predicted octanol–water partition coefficient (Wildman–Crippen LogP) is 2.85. The third-order valence-corrected chi connectivity index (χ3v) is 4.57. The fourth-order valence-corrected chi connectivity index (χ4v) is 3.25. The molecular weight excluding hydrogens is 260 g/mol. The first-order valence-electron chi connectivity index (χ1n) is 8.05. The van der Waals surface area contributed by atoms with Gasteiger partial charge in [-0.2, -0.15) is 0 Å². The Morgan fingerprint density at radius 3 is 2.81 bits per heavy atom. The molecule has 0 spiro atoms. The summed E-state index contributed by atoms with van der Waals surface area (Å²) in [6.45, 7) is 2.80. The maximum atomic E-state index is 12.4. The number of benzene rings is 1. The summed E-state index contributed by atoms with van der Waals surface area (Å²) in [5, 5.41) is 3.66. The van der Waals surface area contributed by atoms with Gasteiger partial charge < -0.3 is 10.2 Å². The highest BCUT2D eigenvalue weighted by molar-refractivity contribution is 5.94. The third kappa shape index (κ3) is 3.73. The van der Waals surface area contributed by atoms with Crippen molar-refractivity contribution < 1.29 is 4.79 Å². The Labute approximate surface area is 127 Å². The third-order valence-electron chi connectivity index (χ3n) is 4.57. The van der Waals surface area contributed by atoms with Crippen LogP contribution in [0.25, 0.3) is 0 Å². The van der Waals surface area contributed by atoms with Crippen LogP contribution in [0.3, 0.4) is 0 Å². The number of allylic oxidation sites excluding steroid dienone is 2. The molecule has 1 saturated heterocycles. The molecule has 1 aliphatic carbocycles. The maximum absolute atomic E-state index is 12.4. The van der Waals surface area contributed by atoms with E-state index in [1.54, 1.807) is 0 Å². The molecule has 2 aliphatic rings. The van der Waals surface area contributed by atoms with Crippen molar-refractivity contribution in [3.63, 3.8) is 0 Å². The summed E-state index contributed by atoms with van der Waals surface area (Å²) in [7, 11) is 0. The molecule has 1 aromatic carbocycles. The van der Waals surface area contributed by atoms with Gasteiger partial charge in [-0.3, -0.25) is 4.79 Å². The Morgan fingerprint density at radius 1 is 1.19 bits per heavy atom. The van der Waals surface area contributed by atoms with Crippen LogP contribution in [0.4, 0.5) is 0 Å². The molecule has 1 amide bonds. The highest BCUT2D eigenvalue weighted by atomic mass is 16.2. The van der Waals surface area contributed by atoms with E-state index in [-0.39, 0.29) is 5.91 Å². The summed E-state index contributed by atoms with van der Waals surface area (Å²) in [6, 6.07) is 10.1. The predicted molar refractivity (Wildman–Crippen MR) is 85.2 cm³/mol. The second kappa shape index (κ2) is 6.90. The number of carbonyl (C=O) groups is 1. The van der Waals surface area contributed by atoms with Gasteiger partial charge in [-0.25, -0.2) is 0 Å². The van der Waals surface area contributed by atoms with Crippen LogP contribution in [0.15, 0.2) is 42.5 Å². The number of amides is 1. The number of carbonyl (C=O) groups excluding carboxylic acids is 1. The number of hydrogen-bond acceptors (Lipinski definition) is 2. The highest BCUT2D eigenvalue weighted by Crippen LogP contribution is 2.19. The number of rotatable bonds is 4. The van der Waals surface area contributed by atoms with E-state index in [9.17, 15) is 4.79 Å². The van der Waals surface area contributed by atoms with Gasteiger partial charge in [-0.05, 0) is 50.3 Å². The summed E-state index contributed by atoms with van der Waals surface area (Å²) in [6.07, 6.45) is 9.37. The molecule has 1 N–H and O–H groups in total. The van der Waals surface area contributed by atoms with Crippen LogP contribution in [0.2, 0.25) is 0 Å². The van der Waals surface area contributed by atoms with E-state index in [4.69, 9.17) is 0 Å². The lowest BCUT2D eigenvalue weighted by molar-refractivity contribution is 0.0789. The maximum Gasteiger partial charge on any atom is 0.253 e. The molecule has 3 rings (SSSR count). The molecule has 2 atom stereocenters. The van der Waals surface area contributed by atoms with E-state index in [0.717, 1.165) is 37.5 Å². The number of nitrogens with one attached hydrogen (secondary N) is 1. The SMILES string of the molecule is O=C(c1ccccc1)N1CC[C@H](NC[C@@H]2CC=CCC2)C1. The normalized spacial score (nSPS) is 25.2. The van der Waals surface area contributed by atoms with E-state index in [1.807, 2.05) is 35.2 Å². The van der Waals surface area contributed by atoms with Gasteiger partial charge in [0, 0.05) is 24.7 Å². The van der Waals surface area contributed by atoms with Crippen LogP contribution < -0.4 is 5.32 Å². The number of hydrogen-bond donors (Lipinski definition) is 1. The Hall–Kier alpha value is -1.61. The highest BCUT2D eigenvalue weighted by Gasteiger charge is 2.27. The Balaban J connectivity index is 1.47. The molecular formula is C18H24N2O. The number of likely N-dealkylation sites (tertiary alicyclic amines) is 1. The van der Waals surface area contributed by atoms with Gasteiger partial charge in [-0.15, -0.1) is 0 Å². The van der Waals surface area contributed by atoms with Crippen LogP contribution in [-0.4, -0.2) is 36.5 Å². The second-order valence-electron chi connectivity index (χ2n) is 6.16. The molecule has 0 bridgehead atoms. The average Bonchev–Trinajstić information content (AvgIpc) is 3.03. The van der Waals surface area contributed by atoms with Crippen molar-refractivity contribution in [2.45, 2.75) is 31.7 Å². The van der Waals surface area contributed by atoms with Crippen LogP contribution in [0.1, 0.15) is 36.0 Å². The molecule has 1 aromatic rings. The van der Waals surface area contributed by atoms with Crippen molar-refractivity contribution in [3.8, 4) is 0 Å². The zero-order valence-electron chi connectivity index (χ0n) is 12.5. The van der Waals surface area contributed by atoms with E-state index < -0.39 is 0 Å². The Morgan fingerprint density at radius 2 is 2.05 bits per heavy atom. The van der Waals surface area contributed by atoms with Gasteiger partial charge in [-0.1, -0.05) is 30.4 Å². The molecule has 0 unspecified atom stereocenters. The summed E-state index contributed by atoms with van der Waals surface area (Å²) < 4.78 is 0. The van der Waals surface area contributed by atoms with Crippen LogP contribution >= 0.6 is 0 Å². The molecule has 0 aromatic heterocycles. The lowest BCUT2D eigenvalue weighted by atomic mass is 9.94. The van der Waals surface area contributed by atoms with Crippen molar-refractivity contribution in [3.05, 3.63) is 48.0 Å². The summed E-state index contributed by atoms with van der Waals surface area (Å²) in [5.74, 6) is 0.939. The average molecular weight is 284 g/mol. The topological polar surface area (TPSA) is 32.3 Å². The first-order valence-corrected chi connectivity index (χ1v) is 8.05. The molecule has 1 heterocycles. The van der Waals surface area contributed by atoms with E-state index in [0.29, 0.717) is 6.04 Å². The zero-order chi connectivity index (χ0) is 14.5. The second-order valence-corrected chi connectivity index (χ2v) is 6.16. The largest absolute Gasteiger partial charge is 0.337 e. The van der Waals surface area contributed by atoms with Gasteiger partial charge in [0.15, 0.2) is 0 Å². The molecule has 3 nitrogen and oxygen atoms in total. The first kappa shape index (κ1) is 14.3. The van der Waals surface area contributed by atoms with E-state index >= 15 is 0 Å². The molecule has 0 radical (unpaired) electrons. The minimum absolute atomic E-state index is 0.167. The molecule has 112 valence electrons. The first-order chi connectivity index (χ1) is 10.3. The fourth-order valence-electron chi connectivity index (χ4n) is 3.25. The van der Waals surface area contributed by atoms with Crippen molar-refractivity contribution in [2.24, 2.45) is 5.92 Å². The summed E-state index contributed by atoms with van der Waals surface area (Å²) >= 11 is 0. The van der Waals surface area contributed by atoms with Gasteiger partial charge in [0.1, 0.15) is 0 Å². The quantitative estimate of drug-likeness (QED) is 0.862. The molecule has 1 fully saturated rings. The Kier molecular flexibility index (Phi) is 4.71. The Bertz CT molecular complexity index is 497. The molecule has 0 saturated carbocycles. The fraction of sp³-hybridized carbons (Fsp3) is 0.500. The smallest absolute Gasteiger partial charge is 0.253 e. The minimum atomic E-state index is 0.167. The van der Waals surface area contributed by atoms with Crippen molar-refractivity contribution in [1.29, 1.82) is 0 Å². The van der Waals surface area contributed by atoms with Gasteiger partial charge in [0.05, 0.1) is 0 Å². The summed E-state index contributed by atoms with van der Waals surface area (Å²) in [5.41, 5.74) is 0.801. The van der Waals surface area contributed by atoms with Crippen LogP contribution in [0, 0.1) is 5.92 Å². The monoisotopic (exact) mass is 284 g/mol. The minimum Gasteiger partial charge on any atom is -0.337 e. The van der Waals surface area contributed by atoms with Crippen LogP contribution in [-0.2, 0) is 0 Å². The van der Waals surface area contributed by atoms with Gasteiger partial charge in [0.2, 0.25) is 0 Å². The lowest BCUT2D eigenvalue weighted by Crippen LogP contribution is -2.37. The molecule has 3 heteroatoms. The van der Waals surface area contributed by atoms with E-state index in [2.05, 4.69) is 17.5 Å².